The summed E-state index contributed by atoms with van der Waals surface area (Å²) in [5.41, 5.74) is 3.77. The zero-order valence-electron chi connectivity index (χ0n) is 12.3. The van der Waals surface area contributed by atoms with Gasteiger partial charge in [0.15, 0.2) is 0 Å². The second-order valence-corrected chi connectivity index (χ2v) is 5.96. The number of hydrogen-bond donors (Lipinski definition) is 1. The molecule has 1 N–H and O–H groups in total. The van der Waals surface area contributed by atoms with Crippen molar-refractivity contribution >= 4 is 5.97 Å². The summed E-state index contributed by atoms with van der Waals surface area (Å²) in [7, 11) is 2.06. The van der Waals surface area contributed by atoms with Crippen molar-refractivity contribution in [2.75, 3.05) is 20.1 Å². The number of aryl methyl sites for hydroxylation is 3. The number of carbonyl (C=O) groups is 1. The van der Waals surface area contributed by atoms with Gasteiger partial charge >= 0.3 is 5.97 Å². The molecule has 0 spiro atoms. The zero-order valence-corrected chi connectivity index (χ0v) is 12.3. The first-order valence-corrected chi connectivity index (χ1v) is 6.87. The fraction of sp³-hybridized carbons (Fsp3) is 0.562. The Hall–Kier alpha value is -1.35. The summed E-state index contributed by atoms with van der Waals surface area (Å²) in [5.74, 6) is -0.671. The van der Waals surface area contributed by atoms with Crippen LogP contribution in [-0.4, -0.2) is 36.1 Å². The normalized spacial score (nSPS) is 19.4. The summed E-state index contributed by atoms with van der Waals surface area (Å²) in [5, 5.41) is 9.83. The molecule has 3 nitrogen and oxygen atoms in total. The standard InChI is InChI=1S/C16H23NO2/c1-11-9-12(2)14(13(3)10-11)16(15(18)19)5-7-17(4)8-6-16/h9-10H,5-8H2,1-4H3,(H,18,19). The van der Waals surface area contributed by atoms with Gasteiger partial charge in [0.2, 0.25) is 0 Å². The van der Waals surface area contributed by atoms with Gasteiger partial charge < -0.3 is 10.0 Å². The van der Waals surface area contributed by atoms with E-state index in [9.17, 15) is 9.90 Å². The van der Waals surface area contributed by atoms with E-state index in [4.69, 9.17) is 0 Å². The first-order chi connectivity index (χ1) is 8.86. The fourth-order valence-corrected chi connectivity index (χ4v) is 3.51. The average Bonchev–Trinajstić information content (AvgIpc) is 2.30. The minimum Gasteiger partial charge on any atom is -0.481 e. The van der Waals surface area contributed by atoms with Crippen molar-refractivity contribution in [3.63, 3.8) is 0 Å². The molecule has 0 atom stereocenters. The van der Waals surface area contributed by atoms with E-state index in [1.165, 1.54) is 5.56 Å². The van der Waals surface area contributed by atoms with E-state index in [-0.39, 0.29) is 0 Å². The first kappa shape index (κ1) is 14.1. The van der Waals surface area contributed by atoms with Crippen LogP contribution in [0.2, 0.25) is 0 Å². The number of likely N-dealkylation sites (tertiary alicyclic amines) is 1. The van der Waals surface area contributed by atoms with Crippen LogP contribution < -0.4 is 0 Å². The van der Waals surface area contributed by atoms with Crippen molar-refractivity contribution in [3.8, 4) is 0 Å². The molecule has 104 valence electrons. The molecule has 1 fully saturated rings. The number of rotatable bonds is 2. The monoisotopic (exact) mass is 261 g/mol. The van der Waals surface area contributed by atoms with E-state index in [0.717, 1.165) is 29.8 Å². The van der Waals surface area contributed by atoms with Crippen LogP contribution in [0, 0.1) is 20.8 Å². The highest BCUT2D eigenvalue weighted by atomic mass is 16.4. The number of aliphatic carboxylic acids is 1. The molecule has 0 aliphatic carbocycles. The van der Waals surface area contributed by atoms with E-state index in [2.05, 4.69) is 31.0 Å². The number of nitrogens with zero attached hydrogens (tertiary/aromatic N) is 1. The Balaban J connectivity index is 2.55. The molecule has 0 saturated carbocycles. The van der Waals surface area contributed by atoms with Crippen LogP contribution in [0.4, 0.5) is 0 Å². The van der Waals surface area contributed by atoms with Crippen molar-refractivity contribution < 1.29 is 9.90 Å². The maximum absolute atomic E-state index is 12.0. The third kappa shape index (κ3) is 2.39. The Bertz CT molecular complexity index is 476. The SMILES string of the molecule is Cc1cc(C)c(C2(C(=O)O)CCN(C)CC2)c(C)c1. The molecule has 19 heavy (non-hydrogen) atoms. The number of benzene rings is 1. The molecule has 0 bridgehead atoms. The van der Waals surface area contributed by atoms with Gasteiger partial charge in [-0.15, -0.1) is 0 Å². The molecule has 1 aromatic rings. The number of carboxylic acid groups (broad SMARTS) is 1. The zero-order chi connectivity index (χ0) is 14.2. The molecule has 1 saturated heterocycles. The second-order valence-electron chi connectivity index (χ2n) is 5.96. The van der Waals surface area contributed by atoms with Gasteiger partial charge in [0, 0.05) is 0 Å². The van der Waals surface area contributed by atoms with Crippen LogP contribution in [0.5, 0.6) is 0 Å². The van der Waals surface area contributed by atoms with Gasteiger partial charge in [-0.25, -0.2) is 0 Å². The lowest BCUT2D eigenvalue weighted by molar-refractivity contribution is -0.145. The average molecular weight is 261 g/mol. The molecule has 1 aromatic carbocycles. The van der Waals surface area contributed by atoms with E-state index < -0.39 is 11.4 Å². The number of carboxylic acids is 1. The van der Waals surface area contributed by atoms with Crippen LogP contribution in [0.25, 0.3) is 0 Å². The Morgan fingerprint density at radius 2 is 1.63 bits per heavy atom. The van der Waals surface area contributed by atoms with Gasteiger partial charge in [0.1, 0.15) is 0 Å². The molecular weight excluding hydrogens is 238 g/mol. The highest BCUT2D eigenvalue weighted by molar-refractivity contribution is 5.83. The van der Waals surface area contributed by atoms with Crippen LogP contribution >= 0.6 is 0 Å². The fourth-order valence-electron chi connectivity index (χ4n) is 3.51. The molecule has 0 unspecified atom stereocenters. The lowest BCUT2D eigenvalue weighted by atomic mass is 9.69. The van der Waals surface area contributed by atoms with E-state index in [0.29, 0.717) is 12.8 Å². The van der Waals surface area contributed by atoms with Crippen LogP contribution in [0.1, 0.15) is 35.1 Å². The Labute approximate surface area is 115 Å². The first-order valence-electron chi connectivity index (χ1n) is 6.87. The third-order valence-electron chi connectivity index (χ3n) is 4.41. The summed E-state index contributed by atoms with van der Waals surface area (Å²) in [4.78, 5) is 14.2. The third-order valence-corrected chi connectivity index (χ3v) is 4.41. The highest BCUT2D eigenvalue weighted by Gasteiger charge is 2.44. The Morgan fingerprint density at radius 1 is 1.16 bits per heavy atom. The predicted molar refractivity (Wildman–Crippen MR) is 76.7 cm³/mol. The topological polar surface area (TPSA) is 40.5 Å². The molecule has 0 aromatic heterocycles. The Morgan fingerprint density at radius 3 is 2.05 bits per heavy atom. The maximum Gasteiger partial charge on any atom is 0.314 e. The molecule has 1 aliphatic rings. The summed E-state index contributed by atoms with van der Waals surface area (Å²) in [6, 6.07) is 4.21. The van der Waals surface area contributed by atoms with Crippen LogP contribution in [0.3, 0.4) is 0 Å². The largest absolute Gasteiger partial charge is 0.481 e. The van der Waals surface area contributed by atoms with Gasteiger partial charge in [-0.1, -0.05) is 17.7 Å². The van der Waals surface area contributed by atoms with Crippen molar-refractivity contribution in [3.05, 3.63) is 34.4 Å². The molecule has 0 radical (unpaired) electrons. The molecular formula is C16H23NO2. The summed E-state index contributed by atoms with van der Waals surface area (Å²) in [6.07, 6.45) is 1.40. The Kier molecular flexibility index (Phi) is 3.68. The van der Waals surface area contributed by atoms with Crippen molar-refractivity contribution in [2.45, 2.75) is 39.0 Å². The minimum absolute atomic E-state index is 0.671. The smallest absolute Gasteiger partial charge is 0.314 e. The number of hydrogen-bond acceptors (Lipinski definition) is 2. The van der Waals surface area contributed by atoms with Gasteiger partial charge in [-0.2, -0.15) is 0 Å². The molecule has 3 heteroatoms. The molecule has 1 heterocycles. The van der Waals surface area contributed by atoms with Crippen molar-refractivity contribution in [1.29, 1.82) is 0 Å². The van der Waals surface area contributed by atoms with Gasteiger partial charge in [-0.05, 0) is 70.4 Å². The van der Waals surface area contributed by atoms with Crippen molar-refractivity contribution in [2.24, 2.45) is 0 Å². The van der Waals surface area contributed by atoms with Crippen LogP contribution in [0.15, 0.2) is 12.1 Å². The maximum atomic E-state index is 12.0. The van der Waals surface area contributed by atoms with Crippen molar-refractivity contribution in [1.82, 2.24) is 4.90 Å². The minimum atomic E-state index is -0.700. The predicted octanol–water partition coefficient (Wildman–Crippen LogP) is 2.66. The summed E-state index contributed by atoms with van der Waals surface area (Å²) < 4.78 is 0. The van der Waals surface area contributed by atoms with E-state index >= 15 is 0 Å². The molecule has 2 rings (SSSR count). The summed E-state index contributed by atoms with van der Waals surface area (Å²) in [6.45, 7) is 7.83. The van der Waals surface area contributed by atoms with Gasteiger partial charge in [0.25, 0.3) is 0 Å². The van der Waals surface area contributed by atoms with Gasteiger partial charge in [-0.3, -0.25) is 4.79 Å². The van der Waals surface area contributed by atoms with E-state index in [1.807, 2.05) is 13.8 Å². The van der Waals surface area contributed by atoms with Crippen LogP contribution in [-0.2, 0) is 10.2 Å². The van der Waals surface area contributed by atoms with E-state index in [1.54, 1.807) is 0 Å². The number of piperidine rings is 1. The summed E-state index contributed by atoms with van der Waals surface area (Å²) >= 11 is 0. The molecule has 0 amide bonds. The lowest BCUT2D eigenvalue weighted by Crippen LogP contribution is -2.47. The quantitative estimate of drug-likeness (QED) is 0.889. The second kappa shape index (κ2) is 4.97. The lowest BCUT2D eigenvalue weighted by Gasteiger charge is -2.39. The van der Waals surface area contributed by atoms with Gasteiger partial charge in [0.05, 0.1) is 5.41 Å². The molecule has 1 aliphatic heterocycles. The highest BCUT2D eigenvalue weighted by Crippen LogP contribution is 2.39.